The van der Waals surface area contributed by atoms with Crippen LogP contribution in [-0.2, 0) is 4.74 Å². The molecule has 2 heterocycles. The smallest absolute Gasteiger partial charge is 0.330 e. The van der Waals surface area contributed by atoms with Crippen molar-refractivity contribution in [3.05, 3.63) is 33.1 Å². The molecule has 0 aliphatic carbocycles. The summed E-state index contributed by atoms with van der Waals surface area (Å²) in [5, 5.41) is 17.8. The van der Waals surface area contributed by atoms with Crippen LogP contribution in [0.3, 0.4) is 0 Å². The zero-order valence-electron chi connectivity index (χ0n) is 9.62. The molecule has 1 saturated heterocycles. The predicted octanol–water partition coefficient (Wildman–Crippen LogP) is -1.27. The monoisotopic (exact) mass is 294 g/mol. The Morgan fingerprint density at radius 1 is 1.58 bits per heavy atom. The lowest BCUT2D eigenvalue weighted by Gasteiger charge is -2.26. The summed E-state index contributed by atoms with van der Waals surface area (Å²) in [6.07, 6.45) is -1.56. The van der Waals surface area contributed by atoms with E-state index in [0.717, 1.165) is 16.8 Å². The Bertz CT molecular complexity index is 570. The van der Waals surface area contributed by atoms with E-state index in [9.17, 15) is 19.1 Å². The Kier molecular flexibility index (Phi) is 3.77. The summed E-state index contributed by atoms with van der Waals surface area (Å²) >= 11 is 5.91. The first-order chi connectivity index (χ1) is 8.95. The Balaban J connectivity index is 2.42. The normalized spacial score (nSPS) is 34.6. The highest BCUT2D eigenvalue weighted by Crippen LogP contribution is 2.39. The summed E-state index contributed by atoms with van der Waals surface area (Å²) < 4.78 is 19.1. The van der Waals surface area contributed by atoms with E-state index in [4.69, 9.17) is 21.4 Å². The van der Waals surface area contributed by atoms with E-state index in [-0.39, 0.29) is 0 Å². The van der Waals surface area contributed by atoms with Gasteiger partial charge in [0.25, 0.3) is 5.56 Å². The van der Waals surface area contributed by atoms with Gasteiger partial charge < -0.3 is 14.9 Å². The van der Waals surface area contributed by atoms with Crippen molar-refractivity contribution in [2.45, 2.75) is 23.3 Å². The molecule has 2 rings (SSSR count). The first-order valence-corrected chi connectivity index (χ1v) is 5.87. The van der Waals surface area contributed by atoms with Crippen LogP contribution in [0.5, 0.6) is 0 Å². The van der Waals surface area contributed by atoms with Crippen molar-refractivity contribution in [2.24, 2.45) is 0 Å². The molecule has 0 unspecified atom stereocenters. The zero-order valence-corrected chi connectivity index (χ0v) is 10.4. The van der Waals surface area contributed by atoms with Gasteiger partial charge >= 0.3 is 5.69 Å². The number of halogens is 2. The van der Waals surface area contributed by atoms with Crippen molar-refractivity contribution in [3.63, 3.8) is 0 Å². The second-order valence-corrected chi connectivity index (χ2v) is 4.78. The van der Waals surface area contributed by atoms with Crippen LogP contribution in [0.25, 0.3) is 0 Å². The average molecular weight is 295 g/mol. The van der Waals surface area contributed by atoms with Gasteiger partial charge in [-0.1, -0.05) is 0 Å². The van der Waals surface area contributed by atoms with E-state index in [2.05, 4.69) is 0 Å². The molecule has 1 aliphatic heterocycles. The molecule has 1 aliphatic rings. The largest absolute Gasteiger partial charge is 0.393 e. The number of aromatic amines is 1. The molecule has 0 spiro atoms. The van der Waals surface area contributed by atoms with Gasteiger partial charge in [0.05, 0.1) is 6.61 Å². The molecule has 9 heteroatoms. The number of alkyl halides is 2. The maximum atomic E-state index is 13.0. The van der Waals surface area contributed by atoms with Crippen LogP contribution in [0.1, 0.15) is 6.23 Å². The maximum absolute atomic E-state index is 13.0. The lowest BCUT2D eigenvalue weighted by atomic mass is 9.99. The van der Waals surface area contributed by atoms with Crippen LogP contribution in [0.4, 0.5) is 4.39 Å². The van der Waals surface area contributed by atoms with Gasteiger partial charge in [0.15, 0.2) is 6.23 Å². The number of hydrogen-bond donors (Lipinski definition) is 3. The highest BCUT2D eigenvalue weighted by Gasteiger charge is 2.55. The predicted molar refractivity (Wildman–Crippen MR) is 62.9 cm³/mol. The van der Waals surface area contributed by atoms with Crippen LogP contribution in [0, 0.1) is 0 Å². The fourth-order valence-electron chi connectivity index (χ4n) is 1.94. The fourth-order valence-corrected chi connectivity index (χ4v) is 2.35. The Labute approximate surface area is 111 Å². The fraction of sp³-hybridized carbons (Fsp3) is 0.600. The van der Waals surface area contributed by atoms with Gasteiger partial charge in [-0.15, -0.1) is 11.6 Å². The summed E-state index contributed by atoms with van der Waals surface area (Å²) in [7, 11) is 0. The minimum absolute atomic E-state index is 0.607. The number of aliphatic hydroxyl groups excluding tert-OH is 2. The number of hydrogen-bond acceptors (Lipinski definition) is 5. The van der Waals surface area contributed by atoms with Gasteiger partial charge in [0.2, 0.25) is 0 Å². The van der Waals surface area contributed by atoms with Crippen molar-refractivity contribution in [1.82, 2.24) is 9.55 Å². The SMILES string of the molecule is O=c1ccn([C@@H]2O[C@@](CO)(CF)[C@@H](O)[C@@H]2Cl)c(=O)[nH]1. The third-order valence-electron chi connectivity index (χ3n) is 3.09. The number of rotatable bonds is 3. The van der Waals surface area contributed by atoms with Crippen LogP contribution >= 0.6 is 11.6 Å². The third-order valence-corrected chi connectivity index (χ3v) is 3.54. The molecule has 0 aromatic carbocycles. The molecule has 1 fully saturated rings. The summed E-state index contributed by atoms with van der Waals surface area (Å²) in [5.41, 5.74) is -3.28. The number of nitrogens with zero attached hydrogens (tertiary/aromatic N) is 1. The highest BCUT2D eigenvalue weighted by atomic mass is 35.5. The van der Waals surface area contributed by atoms with E-state index >= 15 is 0 Å². The summed E-state index contributed by atoms with van der Waals surface area (Å²) in [6, 6.07) is 1.06. The molecule has 0 saturated carbocycles. The lowest BCUT2D eigenvalue weighted by Crippen LogP contribution is -2.47. The number of aromatic nitrogens is 2. The van der Waals surface area contributed by atoms with E-state index in [1.807, 2.05) is 4.98 Å². The second-order valence-electron chi connectivity index (χ2n) is 4.27. The quantitative estimate of drug-likeness (QED) is 0.603. The van der Waals surface area contributed by atoms with Crippen LogP contribution < -0.4 is 11.2 Å². The number of H-pyrrole nitrogens is 1. The molecular formula is C10H12ClFN2O5. The highest BCUT2D eigenvalue weighted by molar-refractivity contribution is 6.21. The first kappa shape index (κ1) is 14.2. The Hall–Kier alpha value is -1.22. The molecule has 1 aromatic heterocycles. The minimum atomic E-state index is -1.87. The second kappa shape index (κ2) is 5.04. The molecular weight excluding hydrogens is 283 g/mol. The van der Waals surface area contributed by atoms with Gasteiger partial charge in [-0.3, -0.25) is 14.3 Å². The molecule has 7 nitrogen and oxygen atoms in total. The molecule has 0 bridgehead atoms. The van der Waals surface area contributed by atoms with Crippen LogP contribution in [0.15, 0.2) is 21.9 Å². The zero-order chi connectivity index (χ0) is 14.2. The molecule has 1 aromatic rings. The number of nitrogens with one attached hydrogen (secondary N) is 1. The van der Waals surface area contributed by atoms with Crippen molar-refractivity contribution in [2.75, 3.05) is 13.3 Å². The Morgan fingerprint density at radius 2 is 2.26 bits per heavy atom. The molecule has 3 N–H and O–H groups in total. The number of aliphatic hydroxyl groups is 2. The lowest BCUT2D eigenvalue weighted by molar-refractivity contribution is -0.137. The van der Waals surface area contributed by atoms with E-state index in [0.29, 0.717) is 0 Å². The molecule has 19 heavy (non-hydrogen) atoms. The van der Waals surface area contributed by atoms with Gasteiger partial charge in [0.1, 0.15) is 23.8 Å². The molecule has 0 amide bonds. The van der Waals surface area contributed by atoms with Gasteiger partial charge in [-0.2, -0.15) is 0 Å². The minimum Gasteiger partial charge on any atom is -0.393 e. The molecule has 4 atom stereocenters. The van der Waals surface area contributed by atoms with E-state index in [1.54, 1.807) is 0 Å². The first-order valence-electron chi connectivity index (χ1n) is 5.43. The standard InChI is InChI=1S/C10H12ClFN2O5/c11-6-7(17)10(3-12,4-15)19-8(6)14-2-1-5(16)13-9(14)18/h1-2,6-8,15,17H,3-4H2,(H,13,16,18)/t6-,7-,8+,10+/m0/s1. The molecule has 106 valence electrons. The average Bonchev–Trinajstić information content (AvgIpc) is 2.64. The van der Waals surface area contributed by atoms with Crippen LogP contribution in [0.2, 0.25) is 0 Å². The summed E-state index contributed by atoms with van der Waals surface area (Å²) in [4.78, 5) is 24.5. The van der Waals surface area contributed by atoms with Gasteiger partial charge in [0, 0.05) is 12.3 Å². The maximum Gasteiger partial charge on any atom is 0.330 e. The van der Waals surface area contributed by atoms with Crippen molar-refractivity contribution < 1.29 is 19.3 Å². The topological polar surface area (TPSA) is 105 Å². The summed E-state index contributed by atoms with van der Waals surface area (Å²) in [5.74, 6) is 0. The van der Waals surface area contributed by atoms with Gasteiger partial charge in [-0.25, -0.2) is 9.18 Å². The van der Waals surface area contributed by atoms with E-state index in [1.165, 1.54) is 0 Å². The van der Waals surface area contributed by atoms with Gasteiger partial charge in [-0.05, 0) is 0 Å². The van der Waals surface area contributed by atoms with Crippen molar-refractivity contribution >= 4 is 11.6 Å². The van der Waals surface area contributed by atoms with Crippen molar-refractivity contribution in [3.8, 4) is 0 Å². The third kappa shape index (κ3) is 2.20. The van der Waals surface area contributed by atoms with E-state index < -0.39 is 47.8 Å². The number of ether oxygens (including phenoxy) is 1. The summed E-state index contributed by atoms with van der Waals surface area (Å²) in [6.45, 7) is -1.95. The molecule has 0 radical (unpaired) electrons. The Morgan fingerprint density at radius 3 is 2.74 bits per heavy atom. The van der Waals surface area contributed by atoms with Crippen LogP contribution in [-0.4, -0.2) is 50.1 Å². The van der Waals surface area contributed by atoms with Crippen molar-refractivity contribution in [1.29, 1.82) is 0 Å².